The van der Waals surface area contributed by atoms with Gasteiger partial charge in [0.05, 0.1) is 10.5 Å². The monoisotopic (exact) mass is 826 g/mol. The summed E-state index contributed by atoms with van der Waals surface area (Å²) < 4.78 is 121. The van der Waals surface area contributed by atoms with Crippen molar-refractivity contribution in [3.63, 3.8) is 0 Å². The summed E-state index contributed by atoms with van der Waals surface area (Å²) in [6, 6.07) is 33.1. The Balaban J connectivity index is 0.000000323. The molecule has 0 heterocycles. The fourth-order valence-corrected chi connectivity index (χ4v) is 6.18. The normalized spacial score (nSPS) is 11.0. The maximum absolute atomic E-state index is 13.3. The second-order valence-electron chi connectivity index (χ2n) is 12.5. The van der Waals surface area contributed by atoms with Crippen LogP contribution in [0.15, 0.2) is 138 Å². The van der Waals surface area contributed by atoms with Crippen molar-refractivity contribution in [3.05, 3.63) is 178 Å². The van der Waals surface area contributed by atoms with Gasteiger partial charge >= 0.3 is 6.18 Å². The molecule has 0 aromatic heterocycles. The topological polar surface area (TPSA) is 137 Å². The molecule has 0 unspecified atom stereocenters. The lowest BCUT2D eigenvalue weighted by Crippen LogP contribution is -2.11. The molecule has 0 amide bonds. The molecule has 0 saturated heterocycles. The number of carbonyl (C=O) groups is 1. The molecule has 8 nitrogen and oxygen atoms in total. The molecule has 1 N–H and O–H groups in total. The molecule has 0 radical (unpaired) electrons. The van der Waals surface area contributed by atoms with Crippen LogP contribution in [0.1, 0.15) is 43.7 Å². The van der Waals surface area contributed by atoms with Crippen LogP contribution in [0.5, 0.6) is 23.0 Å². The minimum atomic E-state index is -5.27. The summed E-state index contributed by atoms with van der Waals surface area (Å²) in [4.78, 5) is 12.8. The molecule has 0 aliphatic rings. The highest BCUT2D eigenvalue weighted by molar-refractivity contribution is 7.85. The van der Waals surface area contributed by atoms with Crippen molar-refractivity contribution >= 4 is 21.5 Å². The zero-order valence-corrected chi connectivity index (χ0v) is 31.5. The first kappa shape index (κ1) is 42.9. The number of nitriles is 2. The third kappa shape index (κ3) is 10.4. The van der Waals surface area contributed by atoms with Crippen LogP contribution in [0.3, 0.4) is 0 Å². The maximum Gasteiger partial charge on any atom is 0.422 e. The number of alkyl halides is 3. The number of nitrogens with zero attached hydrogens (tertiary/aromatic N) is 2. The van der Waals surface area contributed by atoms with E-state index in [9.17, 15) is 49.4 Å². The minimum Gasteiger partial charge on any atom is -0.456 e. The summed E-state index contributed by atoms with van der Waals surface area (Å²) in [7, 11) is -4.55. The van der Waals surface area contributed by atoms with Gasteiger partial charge in [-0.1, -0.05) is 60.7 Å². The van der Waals surface area contributed by atoms with E-state index in [4.69, 9.17) is 14.7 Å². The van der Waals surface area contributed by atoms with Crippen LogP contribution < -0.4 is 9.47 Å². The summed E-state index contributed by atoms with van der Waals surface area (Å²) >= 11 is 0. The van der Waals surface area contributed by atoms with Gasteiger partial charge in [0.1, 0.15) is 52.1 Å². The van der Waals surface area contributed by atoms with Crippen molar-refractivity contribution in [2.75, 3.05) is 0 Å². The highest BCUT2D eigenvalue weighted by atomic mass is 32.2. The van der Waals surface area contributed by atoms with Gasteiger partial charge in [0.2, 0.25) is 0 Å². The van der Waals surface area contributed by atoms with Crippen molar-refractivity contribution in [2.45, 2.75) is 24.9 Å². The smallest absolute Gasteiger partial charge is 0.422 e. The molecule has 59 heavy (non-hydrogen) atoms. The van der Waals surface area contributed by atoms with Crippen molar-refractivity contribution in [2.24, 2.45) is 0 Å². The molecule has 0 aliphatic carbocycles. The van der Waals surface area contributed by atoms with Gasteiger partial charge in [0, 0.05) is 16.7 Å². The van der Waals surface area contributed by atoms with Crippen molar-refractivity contribution in [3.8, 4) is 46.3 Å². The average molecular weight is 827 g/mol. The van der Waals surface area contributed by atoms with Crippen LogP contribution in [-0.4, -0.2) is 24.9 Å². The Kier molecular flexibility index (Phi) is 13.1. The Labute approximate surface area is 334 Å². The number of carbonyl (C=O) groups excluding carboxylic acids is 1. The highest BCUT2D eigenvalue weighted by Crippen LogP contribution is 2.39. The van der Waals surface area contributed by atoms with Crippen LogP contribution in [0.25, 0.3) is 16.7 Å². The fourth-order valence-electron chi connectivity index (χ4n) is 5.65. The molecule has 6 aromatic rings. The third-order valence-corrected chi connectivity index (χ3v) is 9.41. The van der Waals surface area contributed by atoms with E-state index in [-0.39, 0.29) is 34.0 Å². The van der Waals surface area contributed by atoms with Gasteiger partial charge in [-0.05, 0) is 103 Å². The van der Waals surface area contributed by atoms with E-state index in [1.807, 2.05) is 25.1 Å². The fraction of sp³-hybridized carbons (Fsp3) is 0.0682. The SMILES string of the molecule is Cc1ccc(-c2cccc(Oc3ccc(C(=C(F)F)C(F)(F)F)cc3)c2C#N)cc1C(=O)c1cccc(S(=O)(=O)O)c1.Cc1cccc(Oc2ccc(F)cc2)c1C#N. The number of rotatable bonds is 9. The lowest BCUT2D eigenvalue weighted by molar-refractivity contribution is -0.0711. The molecule has 0 saturated carbocycles. The molecule has 0 fully saturated rings. The predicted molar refractivity (Wildman–Crippen MR) is 205 cm³/mol. The zero-order valence-electron chi connectivity index (χ0n) is 30.7. The Morgan fingerprint density at radius 1 is 0.678 bits per heavy atom. The van der Waals surface area contributed by atoms with Gasteiger partial charge in [0.25, 0.3) is 16.2 Å². The van der Waals surface area contributed by atoms with Crippen molar-refractivity contribution in [1.29, 1.82) is 10.5 Å². The predicted octanol–water partition coefficient (Wildman–Crippen LogP) is 11.8. The number of ether oxygens (including phenoxy) is 2. The number of allylic oxidation sites excluding steroid dienone is 1. The molecule has 0 atom stereocenters. The van der Waals surface area contributed by atoms with E-state index in [0.29, 0.717) is 33.8 Å². The second kappa shape index (κ2) is 17.9. The first-order chi connectivity index (χ1) is 27.9. The zero-order chi connectivity index (χ0) is 43.1. The first-order valence-corrected chi connectivity index (χ1v) is 18.5. The molecule has 0 bridgehead atoms. The number of halogens is 6. The van der Waals surface area contributed by atoms with Gasteiger partial charge in [0.15, 0.2) is 5.78 Å². The van der Waals surface area contributed by atoms with Crippen LogP contribution in [0.2, 0.25) is 0 Å². The average Bonchev–Trinajstić information content (AvgIpc) is 3.19. The highest BCUT2D eigenvalue weighted by Gasteiger charge is 2.39. The molecule has 6 rings (SSSR count). The molecule has 15 heteroatoms. The Morgan fingerprint density at radius 3 is 1.80 bits per heavy atom. The lowest BCUT2D eigenvalue weighted by atomic mass is 9.92. The van der Waals surface area contributed by atoms with Gasteiger partial charge in [-0.15, -0.1) is 0 Å². The summed E-state index contributed by atoms with van der Waals surface area (Å²) in [6.45, 7) is 3.50. The third-order valence-electron chi connectivity index (χ3n) is 8.56. The molecule has 6 aromatic carbocycles. The summed E-state index contributed by atoms with van der Waals surface area (Å²) in [5, 5.41) is 19.0. The van der Waals surface area contributed by atoms with E-state index in [1.54, 1.807) is 37.3 Å². The quantitative estimate of drug-likeness (QED) is 0.0864. The molecule has 0 aliphatic heterocycles. The lowest BCUT2D eigenvalue weighted by Gasteiger charge is -2.14. The summed E-state index contributed by atoms with van der Waals surface area (Å²) in [5.41, 5.74) is 0.0452. The number of hydrogen-bond acceptors (Lipinski definition) is 7. The minimum absolute atomic E-state index is 0.00239. The number of ketones is 1. The van der Waals surface area contributed by atoms with E-state index in [0.717, 1.165) is 42.0 Å². The van der Waals surface area contributed by atoms with Crippen LogP contribution in [0, 0.1) is 42.3 Å². The largest absolute Gasteiger partial charge is 0.456 e. The van der Waals surface area contributed by atoms with Crippen LogP contribution in [0.4, 0.5) is 26.3 Å². The van der Waals surface area contributed by atoms with E-state index in [2.05, 4.69) is 6.07 Å². The van der Waals surface area contributed by atoms with E-state index >= 15 is 0 Å². The van der Waals surface area contributed by atoms with Gasteiger partial charge in [-0.25, -0.2) is 4.39 Å². The molecular formula is C44H28F6N2O6S. The van der Waals surface area contributed by atoms with Gasteiger partial charge in [-0.3, -0.25) is 9.35 Å². The molecular weight excluding hydrogens is 799 g/mol. The summed E-state index contributed by atoms with van der Waals surface area (Å²) in [5.74, 6) is 0.129. The first-order valence-electron chi connectivity index (χ1n) is 17.0. The number of benzene rings is 6. The summed E-state index contributed by atoms with van der Waals surface area (Å²) in [6.07, 6.45) is -8.14. The van der Waals surface area contributed by atoms with Gasteiger partial charge < -0.3 is 9.47 Å². The Morgan fingerprint density at radius 2 is 1.24 bits per heavy atom. The number of hydrogen-bond donors (Lipinski definition) is 1. The maximum atomic E-state index is 13.3. The van der Waals surface area contributed by atoms with Gasteiger partial charge in [-0.2, -0.15) is 40.9 Å². The standard InChI is InChI=1S/C30H18F5NO5S.C14H10FNO/c1-17-8-9-19(15-24(17)28(37)20-4-2-5-22(14-20)42(38,39)40)23-6-3-7-26(25(23)16-36)41-21-12-10-18(11-13-21)27(29(31)32)30(33,34)35;1-10-3-2-4-14(13(10)9-16)17-12-7-5-11(15)6-8-12/h2-15H,1H3,(H,38,39,40);2-8H,1H3. The Hall–Kier alpha value is -7.20. The van der Waals surface area contributed by atoms with E-state index in [1.165, 1.54) is 48.5 Å². The molecule has 298 valence electrons. The number of aryl methyl sites for hydroxylation is 2. The van der Waals surface area contributed by atoms with E-state index < -0.39 is 44.2 Å². The van der Waals surface area contributed by atoms with Crippen LogP contribution >= 0.6 is 0 Å². The second-order valence-corrected chi connectivity index (χ2v) is 13.9. The van der Waals surface area contributed by atoms with Crippen molar-refractivity contribution < 1.29 is 53.6 Å². The Bertz CT molecular complexity index is 2770. The van der Waals surface area contributed by atoms with Crippen LogP contribution in [-0.2, 0) is 10.1 Å². The molecule has 0 spiro atoms. The van der Waals surface area contributed by atoms with Crippen molar-refractivity contribution in [1.82, 2.24) is 0 Å².